The fourth-order valence-electron chi connectivity index (χ4n) is 2.31. The lowest BCUT2D eigenvalue weighted by molar-refractivity contribution is 0.171. The number of aromatic nitrogens is 1. The molecule has 0 fully saturated rings. The molecule has 1 aliphatic rings. The summed E-state index contributed by atoms with van der Waals surface area (Å²) < 4.78 is 11.1. The molecule has 0 spiro atoms. The monoisotopic (exact) mass is 304 g/mol. The van der Waals surface area contributed by atoms with Crippen molar-refractivity contribution in [1.29, 1.82) is 0 Å². The first-order valence-corrected chi connectivity index (χ1v) is 7.30. The quantitative estimate of drug-likeness (QED) is 0.942. The number of rotatable bonds is 4. The Morgan fingerprint density at radius 2 is 2.10 bits per heavy atom. The molecule has 1 aromatic carbocycles. The van der Waals surface area contributed by atoms with Crippen LogP contribution in [0.1, 0.15) is 16.7 Å². The number of hydrogen-bond donors (Lipinski definition) is 1. The molecule has 5 heteroatoms. The number of hydrogen-bond acceptors (Lipinski definition) is 4. The molecule has 4 nitrogen and oxygen atoms in total. The minimum Gasteiger partial charge on any atom is -0.486 e. The first-order valence-electron chi connectivity index (χ1n) is 6.92. The van der Waals surface area contributed by atoms with Crippen molar-refractivity contribution >= 4 is 11.6 Å². The first-order chi connectivity index (χ1) is 10.2. The third-order valence-electron chi connectivity index (χ3n) is 3.44. The van der Waals surface area contributed by atoms with E-state index in [1.165, 1.54) is 11.1 Å². The van der Waals surface area contributed by atoms with Crippen LogP contribution in [0.5, 0.6) is 11.5 Å². The second-order valence-electron chi connectivity index (χ2n) is 5.01. The zero-order valence-corrected chi connectivity index (χ0v) is 12.6. The van der Waals surface area contributed by atoms with Gasteiger partial charge in [0.2, 0.25) is 0 Å². The average molecular weight is 305 g/mol. The van der Waals surface area contributed by atoms with Gasteiger partial charge in [0, 0.05) is 25.5 Å². The highest BCUT2D eigenvalue weighted by Gasteiger charge is 2.16. The van der Waals surface area contributed by atoms with E-state index in [1.807, 2.05) is 30.6 Å². The van der Waals surface area contributed by atoms with Gasteiger partial charge in [-0.25, -0.2) is 0 Å². The average Bonchev–Trinajstić information content (AvgIpc) is 2.49. The van der Waals surface area contributed by atoms with E-state index in [9.17, 15) is 0 Å². The van der Waals surface area contributed by atoms with Crippen LogP contribution >= 0.6 is 11.6 Å². The number of benzene rings is 1. The maximum Gasteiger partial charge on any atom is 0.179 e. The van der Waals surface area contributed by atoms with Crippen molar-refractivity contribution in [3.8, 4) is 11.5 Å². The summed E-state index contributed by atoms with van der Waals surface area (Å²) in [4.78, 5) is 4.10. The molecule has 1 aromatic heterocycles. The molecule has 21 heavy (non-hydrogen) atoms. The van der Waals surface area contributed by atoms with Crippen molar-refractivity contribution < 1.29 is 9.47 Å². The van der Waals surface area contributed by atoms with Crippen LogP contribution in [0.2, 0.25) is 5.02 Å². The van der Waals surface area contributed by atoms with Gasteiger partial charge < -0.3 is 14.8 Å². The lowest BCUT2D eigenvalue weighted by Crippen LogP contribution is -2.17. The summed E-state index contributed by atoms with van der Waals surface area (Å²) in [6.45, 7) is 4.69. The Hall–Kier alpha value is -1.78. The molecular formula is C16H17ClN2O2. The fourth-order valence-corrected chi connectivity index (χ4v) is 2.60. The molecule has 3 rings (SSSR count). The van der Waals surface area contributed by atoms with Gasteiger partial charge in [-0.3, -0.25) is 4.98 Å². The number of nitrogens with zero attached hydrogens (tertiary/aromatic N) is 1. The van der Waals surface area contributed by atoms with Gasteiger partial charge in [-0.1, -0.05) is 11.6 Å². The summed E-state index contributed by atoms with van der Waals surface area (Å²) in [6, 6.07) is 5.92. The van der Waals surface area contributed by atoms with Gasteiger partial charge in [0.25, 0.3) is 0 Å². The number of aryl methyl sites for hydroxylation is 1. The van der Waals surface area contributed by atoms with E-state index in [1.54, 1.807) is 0 Å². The lowest BCUT2D eigenvalue weighted by Gasteiger charge is -2.20. The molecule has 1 aliphatic heterocycles. The van der Waals surface area contributed by atoms with Crippen LogP contribution in [0, 0.1) is 6.92 Å². The number of nitrogens with one attached hydrogen (secondary N) is 1. The van der Waals surface area contributed by atoms with E-state index in [0.717, 1.165) is 24.4 Å². The Morgan fingerprint density at radius 3 is 2.95 bits per heavy atom. The van der Waals surface area contributed by atoms with E-state index in [0.29, 0.717) is 24.0 Å². The molecule has 0 amide bonds. The van der Waals surface area contributed by atoms with Crippen LogP contribution < -0.4 is 14.8 Å². The van der Waals surface area contributed by atoms with E-state index in [4.69, 9.17) is 21.1 Å². The van der Waals surface area contributed by atoms with Gasteiger partial charge in [0.05, 0.1) is 5.02 Å². The molecule has 0 saturated heterocycles. The first kappa shape index (κ1) is 14.2. The number of fused-ring (bicyclic) bond motifs is 1. The van der Waals surface area contributed by atoms with Crippen molar-refractivity contribution in [1.82, 2.24) is 10.3 Å². The van der Waals surface area contributed by atoms with Crippen molar-refractivity contribution in [3.05, 3.63) is 52.3 Å². The zero-order valence-electron chi connectivity index (χ0n) is 11.9. The van der Waals surface area contributed by atoms with Gasteiger partial charge in [-0.15, -0.1) is 0 Å². The fraction of sp³-hybridized carbons (Fsp3) is 0.312. The third-order valence-corrected chi connectivity index (χ3v) is 3.72. The molecular weight excluding hydrogens is 288 g/mol. The minimum atomic E-state index is 0.547. The van der Waals surface area contributed by atoms with Gasteiger partial charge in [0.15, 0.2) is 11.5 Å². The summed E-state index contributed by atoms with van der Waals surface area (Å²) in [6.07, 6.45) is 3.68. The SMILES string of the molecule is Cc1cnccc1CNCc1cc(Cl)c2c(c1)OCCO2. The second-order valence-corrected chi connectivity index (χ2v) is 5.41. The molecule has 0 unspecified atom stereocenters. The molecule has 0 radical (unpaired) electrons. The highest BCUT2D eigenvalue weighted by molar-refractivity contribution is 6.32. The highest BCUT2D eigenvalue weighted by atomic mass is 35.5. The van der Waals surface area contributed by atoms with Crippen LogP contribution in [0.3, 0.4) is 0 Å². The minimum absolute atomic E-state index is 0.547. The standard InChI is InChI=1S/C16H17ClN2O2/c1-11-8-18-3-2-13(11)10-19-9-12-6-14(17)16-15(7-12)20-4-5-21-16/h2-3,6-8,19H,4-5,9-10H2,1H3. The molecule has 0 bridgehead atoms. The van der Waals surface area contributed by atoms with Gasteiger partial charge in [-0.2, -0.15) is 0 Å². The Morgan fingerprint density at radius 1 is 1.24 bits per heavy atom. The summed E-state index contributed by atoms with van der Waals surface area (Å²) in [5, 5.41) is 4.01. The zero-order chi connectivity index (χ0) is 14.7. The largest absolute Gasteiger partial charge is 0.486 e. The van der Waals surface area contributed by atoms with Crippen molar-refractivity contribution in [2.24, 2.45) is 0 Å². The predicted octanol–water partition coefficient (Wildman–Crippen LogP) is 3.10. The topological polar surface area (TPSA) is 43.4 Å². The lowest BCUT2D eigenvalue weighted by atomic mass is 10.1. The Labute approximate surface area is 129 Å². The predicted molar refractivity (Wildman–Crippen MR) is 82.0 cm³/mol. The highest BCUT2D eigenvalue weighted by Crippen LogP contribution is 2.38. The second kappa shape index (κ2) is 6.33. The van der Waals surface area contributed by atoms with Crippen LogP contribution in [0.15, 0.2) is 30.6 Å². The van der Waals surface area contributed by atoms with Crippen LogP contribution in [0.4, 0.5) is 0 Å². The normalized spacial score (nSPS) is 13.2. The van der Waals surface area contributed by atoms with Crippen LogP contribution in [-0.2, 0) is 13.1 Å². The maximum atomic E-state index is 6.23. The summed E-state index contributed by atoms with van der Waals surface area (Å²) in [7, 11) is 0. The smallest absolute Gasteiger partial charge is 0.179 e. The summed E-state index contributed by atoms with van der Waals surface area (Å²) >= 11 is 6.23. The van der Waals surface area contributed by atoms with E-state index in [-0.39, 0.29) is 0 Å². The van der Waals surface area contributed by atoms with Crippen LogP contribution in [-0.4, -0.2) is 18.2 Å². The molecule has 2 heterocycles. The summed E-state index contributed by atoms with van der Waals surface area (Å²) in [5.41, 5.74) is 3.51. The molecule has 2 aromatic rings. The molecule has 110 valence electrons. The van der Waals surface area contributed by atoms with Crippen molar-refractivity contribution in [2.45, 2.75) is 20.0 Å². The Bertz CT molecular complexity index is 646. The molecule has 0 saturated carbocycles. The van der Waals surface area contributed by atoms with Gasteiger partial charge in [0.1, 0.15) is 13.2 Å². The molecule has 0 aliphatic carbocycles. The number of ether oxygens (including phenoxy) is 2. The molecule has 0 atom stereocenters. The van der Waals surface area contributed by atoms with Gasteiger partial charge >= 0.3 is 0 Å². The Kier molecular flexibility index (Phi) is 4.27. The van der Waals surface area contributed by atoms with Gasteiger partial charge in [-0.05, 0) is 41.8 Å². The maximum absolute atomic E-state index is 6.23. The van der Waals surface area contributed by atoms with E-state index < -0.39 is 0 Å². The van der Waals surface area contributed by atoms with Crippen LogP contribution in [0.25, 0.3) is 0 Å². The summed E-state index contributed by atoms with van der Waals surface area (Å²) in [5.74, 6) is 1.38. The molecule has 1 N–H and O–H groups in total. The number of halogens is 1. The number of pyridine rings is 1. The van der Waals surface area contributed by atoms with Crippen molar-refractivity contribution in [2.75, 3.05) is 13.2 Å². The van der Waals surface area contributed by atoms with Crippen molar-refractivity contribution in [3.63, 3.8) is 0 Å². The van der Waals surface area contributed by atoms with E-state index in [2.05, 4.69) is 17.2 Å². The van der Waals surface area contributed by atoms with E-state index >= 15 is 0 Å². The third kappa shape index (κ3) is 3.28. The Balaban J connectivity index is 1.66.